The van der Waals surface area contributed by atoms with Crippen LogP contribution in [-0.2, 0) is 0 Å². The summed E-state index contributed by atoms with van der Waals surface area (Å²) in [6, 6.07) is 2.62. The van der Waals surface area contributed by atoms with Gasteiger partial charge in [-0.15, -0.1) is 0 Å². The fraction of sp³-hybridized carbons (Fsp3) is 0.412. The van der Waals surface area contributed by atoms with E-state index in [4.69, 9.17) is 4.42 Å². The number of rotatable bonds is 2. The molecule has 0 saturated carbocycles. The molecule has 0 bridgehead atoms. The highest BCUT2D eigenvalue weighted by molar-refractivity contribution is 5.91. The maximum atomic E-state index is 12.5. The molecule has 2 aromatic heterocycles. The van der Waals surface area contributed by atoms with Gasteiger partial charge in [0.1, 0.15) is 11.6 Å². The Kier molecular flexibility index (Phi) is 4.33. The van der Waals surface area contributed by atoms with Gasteiger partial charge in [-0.05, 0) is 20.8 Å². The van der Waals surface area contributed by atoms with Crippen molar-refractivity contribution in [3.05, 3.63) is 51.5 Å². The van der Waals surface area contributed by atoms with Crippen LogP contribution in [0.15, 0.2) is 27.5 Å². The molecular formula is C17H20N4O3. The molecule has 1 saturated heterocycles. The van der Waals surface area contributed by atoms with Gasteiger partial charge < -0.3 is 14.2 Å². The number of carbonyl (C=O) groups is 1. The average Bonchev–Trinajstić information content (AvgIpc) is 2.56. The highest BCUT2D eigenvalue weighted by Gasteiger charge is 2.25. The van der Waals surface area contributed by atoms with Crippen LogP contribution in [0.3, 0.4) is 0 Å². The maximum absolute atomic E-state index is 12.5. The van der Waals surface area contributed by atoms with E-state index in [1.165, 1.54) is 12.1 Å². The van der Waals surface area contributed by atoms with E-state index in [1.807, 2.05) is 13.8 Å². The first-order valence-electron chi connectivity index (χ1n) is 7.90. The largest absolute Gasteiger partial charge is 0.456 e. The number of hydrogen-bond acceptors (Lipinski definition) is 6. The van der Waals surface area contributed by atoms with Crippen LogP contribution in [-0.4, -0.2) is 47.0 Å². The van der Waals surface area contributed by atoms with Crippen LogP contribution in [0.5, 0.6) is 0 Å². The van der Waals surface area contributed by atoms with Gasteiger partial charge in [-0.25, -0.2) is 4.98 Å². The highest BCUT2D eigenvalue weighted by Crippen LogP contribution is 2.18. The number of amides is 1. The van der Waals surface area contributed by atoms with Gasteiger partial charge in [0, 0.05) is 44.5 Å². The van der Waals surface area contributed by atoms with Crippen molar-refractivity contribution in [2.45, 2.75) is 20.8 Å². The number of aryl methyl sites for hydroxylation is 3. The van der Waals surface area contributed by atoms with Gasteiger partial charge in [0.05, 0.1) is 11.4 Å². The standard InChI is InChI=1S/C17H20N4O3/c1-11-10-18-13(3)16(19-11)20-4-6-21(7-5-20)17(23)15-9-14(22)8-12(2)24-15/h8-10H,4-7H2,1-3H3. The monoisotopic (exact) mass is 328 g/mol. The Balaban J connectivity index is 1.71. The second-order valence-electron chi connectivity index (χ2n) is 5.97. The predicted molar refractivity (Wildman–Crippen MR) is 89.3 cm³/mol. The summed E-state index contributed by atoms with van der Waals surface area (Å²) in [4.78, 5) is 36.8. The molecule has 2 aromatic rings. The van der Waals surface area contributed by atoms with Crippen LogP contribution in [0.1, 0.15) is 27.7 Å². The minimum atomic E-state index is -0.248. The molecule has 0 spiro atoms. The third-order valence-corrected chi connectivity index (χ3v) is 4.02. The van der Waals surface area contributed by atoms with Crippen LogP contribution < -0.4 is 10.3 Å². The molecule has 0 atom stereocenters. The second-order valence-corrected chi connectivity index (χ2v) is 5.97. The van der Waals surface area contributed by atoms with Crippen molar-refractivity contribution in [1.82, 2.24) is 14.9 Å². The topological polar surface area (TPSA) is 79.5 Å². The smallest absolute Gasteiger partial charge is 0.289 e. The second kappa shape index (κ2) is 6.43. The van der Waals surface area contributed by atoms with E-state index in [0.29, 0.717) is 31.9 Å². The SMILES string of the molecule is Cc1cnc(C)c(N2CCN(C(=O)c3cc(=O)cc(C)o3)CC2)n1. The number of anilines is 1. The van der Waals surface area contributed by atoms with Gasteiger partial charge in [-0.1, -0.05) is 0 Å². The Morgan fingerprint density at radius 3 is 2.50 bits per heavy atom. The number of nitrogens with zero attached hydrogens (tertiary/aromatic N) is 4. The molecule has 7 nitrogen and oxygen atoms in total. The molecule has 1 amide bonds. The fourth-order valence-electron chi connectivity index (χ4n) is 2.81. The molecule has 0 aromatic carbocycles. The van der Waals surface area contributed by atoms with Crippen molar-refractivity contribution in [2.75, 3.05) is 31.1 Å². The summed E-state index contributed by atoms with van der Waals surface area (Å²) >= 11 is 0. The lowest BCUT2D eigenvalue weighted by molar-refractivity contribution is 0.0710. The molecule has 0 unspecified atom stereocenters. The van der Waals surface area contributed by atoms with Gasteiger partial charge in [-0.3, -0.25) is 14.6 Å². The summed E-state index contributed by atoms with van der Waals surface area (Å²) in [6.45, 7) is 7.93. The van der Waals surface area contributed by atoms with Crippen molar-refractivity contribution in [1.29, 1.82) is 0 Å². The predicted octanol–water partition coefficient (Wildman–Crippen LogP) is 1.32. The Labute approximate surface area is 139 Å². The molecule has 0 aliphatic carbocycles. The third kappa shape index (κ3) is 3.29. The molecule has 3 rings (SSSR count). The van der Waals surface area contributed by atoms with Crippen LogP contribution in [0.2, 0.25) is 0 Å². The normalized spacial score (nSPS) is 14.8. The van der Waals surface area contributed by atoms with Crippen LogP contribution in [0.4, 0.5) is 5.82 Å². The Hall–Kier alpha value is -2.70. The first-order valence-corrected chi connectivity index (χ1v) is 7.90. The van der Waals surface area contributed by atoms with E-state index >= 15 is 0 Å². The number of piperazine rings is 1. The Bertz CT molecular complexity index is 823. The summed E-state index contributed by atoms with van der Waals surface area (Å²) < 4.78 is 5.39. The molecule has 1 aliphatic rings. The fourth-order valence-corrected chi connectivity index (χ4v) is 2.81. The van der Waals surface area contributed by atoms with Gasteiger partial charge in [0.2, 0.25) is 0 Å². The quantitative estimate of drug-likeness (QED) is 0.827. The zero-order valence-electron chi connectivity index (χ0n) is 14.1. The summed E-state index contributed by atoms with van der Waals surface area (Å²) in [5.41, 5.74) is 1.53. The van der Waals surface area contributed by atoms with Crippen molar-refractivity contribution < 1.29 is 9.21 Å². The van der Waals surface area contributed by atoms with Gasteiger partial charge in [0.15, 0.2) is 11.2 Å². The van der Waals surface area contributed by atoms with Crippen molar-refractivity contribution in [3.63, 3.8) is 0 Å². The molecule has 24 heavy (non-hydrogen) atoms. The Morgan fingerprint density at radius 2 is 1.83 bits per heavy atom. The Morgan fingerprint density at radius 1 is 1.12 bits per heavy atom. The number of carbonyl (C=O) groups excluding carboxylic acids is 1. The zero-order chi connectivity index (χ0) is 17.3. The molecule has 1 fully saturated rings. The molecule has 126 valence electrons. The molecule has 0 radical (unpaired) electrons. The molecule has 7 heteroatoms. The minimum absolute atomic E-state index is 0.0972. The van der Waals surface area contributed by atoms with E-state index in [9.17, 15) is 9.59 Å². The van der Waals surface area contributed by atoms with Gasteiger partial charge in [0.25, 0.3) is 5.91 Å². The summed E-state index contributed by atoms with van der Waals surface area (Å²) in [7, 11) is 0. The summed E-state index contributed by atoms with van der Waals surface area (Å²) in [5.74, 6) is 1.15. The lowest BCUT2D eigenvalue weighted by Crippen LogP contribution is -2.49. The van der Waals surface area contributed by atoms with Crippen LogP contribution in [0.25, 0.3) is 0 Å². The molecule has 3 heterocycles. The van der Waals surface area contributed by atoms with Gasteiger partial charge in [-0.2, -0.15) is 0 Å². The van der Waals surface area contributed by atoms with Crippen LogP contribution >= 0.6 is 0 Å². The van der Waals surface area contributed by atoms with E-state index in [2.05, 4.69) is 14.9 Å². The minimum Gasteiger partial charge on any atom is -0.456 e. The van der Waals surface area contributed by atoms with E-state index < -0.39 is 0 Å². The van der Waals surface area contributed by atoms with E-state index in [1.54, 1.807) is 18.0 Å². The first-order chi connectivity index (χ1) is 11.4. The van der Waals surface area contributed by atoms with Crippen molar-refractivity contribution >= 4 is 11.7 Å². The highest BCUT2D eigenvalue weighted by atomic mass is 16.3. The maximum Gasteiger partial charge on any atom is 0.289 e. The number of hydrogen-bond donors (Lipinski definition) is 0. The lowest BCUT2D eigenvalue weighted by atomic mass is 10.2. The average molecular weight is 328 g/mol. The summed E-state index contributed by atoms with van der Waals surface area (Å²) in [6.07, 6.45) is 1.75. The van der Waals surface area contributed by atoms with Crippen molar-refractivity contribution in [3.8, 4) is 0 Å². The van der Waals surface area contributed by atoms with Gasteiger partial charge >= 0.3 is 0 Å². The molecule has 1 aliphatic heterocycles. The first kappa shape index (κ1) is 16.2. The summed E-state index contributed by atoms with van der Waals surface area (Å²) in [5, 5.41) is 0. The van der Waals surface area contributed by atoms with Crippen LogP contribution in [0, 0.1) is 20.8 Å². The number of aromatic nitrogens is 2. The third-order valence-electron chi connectivity index (χ3n) is 4.02. The van der Waals surface area contributed by atoms with Crippen molar-refractivity contribution in [2.24, 2.45) is 0 Å². The van der Waals surface area contributed by atoms with E-state index in [0.717, 1.165) is 17.2 Å². The molecule has 0 N–H and O–H groups in total. The zero-order valence-corrected chi connectivity index (χ0v) is 14.1. The lowest BCUT2D eigenvalue weighted by Gasteiger charge is -2.35. The van der Waals surface area contributed by atoms with E-state index in [-0.39, 0.29) is 17.1 Å². The molecular weight excluding hydrogens is 308 g/mol.